The first kappa shape index (κ1) is 8.18. The fourth-order valence-electron chi connectivity index (χ4n) is 1.65. The van der Waals surface area contributed by atoms with Crippen LogP contribution in [-0.2, 0) is 0 Å². The van der Waals surface area contributed by atoms with E-state index in [4.69, 9.17) is 0 Å². The number of aromatic amines is 1. The maximum absolute atomic E-state index is 10.6. The largest absolute Gasteiger partial charge is 0.358 e. The third-order valence-electron chi connectivity index (χ3n) is 2.33. The normalized spacial score (nSPS) is 22.0. The molecule has 6 heteroatoms. The molecule has 0 spiro atoms. The molecule has 1 aromatic heterocycles. The minimum absolute atomic E-state index is 0.0358. The van der Waals surface area contributed by atoms with Crippen LogP contribution in [0.3, 0.4) is 0 Å². The Morgan fingerprint density at radius 2 is 2.54 bits per heavy atom. The van der Waals surface area contributed by atoms with Gasteiger partial charge >= 0.3 is 5.82 Å². The Bertz CT molecular complexity index is 316. The van der Waals surface area contributed by atoms with Crippen molar-refractivity contribution in [3.05, 3.63) is 21.9 Å². The quantitative estimate of drug-likeness (QED) is 0.512. The zero-order valence-electron chi connectivity index (χ0n) is 6.99. The highest BCUT2D eigenvalue weighted by atomic mass is 16.6. The van der Waals surface area contributed by atoms with E-state index in [9.17, 15) is 10.1 Å². The van der Waals surface area contributed by atoms with Crippen molar-refractivity contribution in [1.82, 2.24) is 15.5 Å². The second-order valence-corrected chi connectivity index (χ2v) is 3.12. The molecule has 1 aromatic rings. The van der Waals surface area contributed by atoms with Crippen molar-refractivity contribution in [3.8, 4) is 0 Å². The van der Waals surface area contributed by atoms with Crippen LogP contribution in [0.15, 0.2) is 6.20 Å². The van der Waals surface area contributed by atoms with E-state index in [1.807, 2.05) is 0 Å². The first-order chi connectivity index (χ1) is 6.29. The molecule has 1 aliphatic rings. The first-order valence-electron chi connectivity index (χ1n) is 4.17. The maximum Gasteiger partial charge on any atom is 0.346 e. The molecule has 2 rings (SSSR count). The highest BCUT2D eigenvalue weighted by Gasteiger charge is 2.25. The molecule has 1 unspecified atom stereocenters. The van der Waals surface area contributed by atoms with Crippen molar-refractivity contribution < 1.29 is 4.92 Å². The average molecular weight is 182 g/mol. The van der Waals surface area contributed by atoms with Gasteiger partial charge in [-0.1, -0.05) is 5.10 Å². The van der Waals surface area contributed by atoms with E-state index >= 15 is 0 Å². The summed E-state index contributed by atoms with van der Waals surface area (Å²) in [5.74, 6) is 0.271. The molecule has 0 amide bonds. The number of aromatic nitrogens is 2. The Labute approximate surface area is 74.5 Å². The number of nitrogens with zero attached hydrogens (tertiary/aromatic N) is 2. The lowest BCUT2D eigenvalue weighted by molar-refractivity contribution is -0.390. The summed E-state index contributed by atoms with van der Waals surface area (Å²) in [6.45, 7) is 1.73. The summed E-state index contributed by atoms with van der Waals surface area (Å²) < 4.78 is 0. The molecule has 1 atom stereocenters. The van der Waals surface area contributed by atoms with Crippen molar-refractivity contribution in [2.75, 3.05) is 13.1 Å². The van der Waals surface area contributed by atoms with Crippen molar-refractivity contribution in [3.63, 3.8) is 0 Å². The van der Waals surface area contributed by atoms with Gasteiger partial charge in [-0.25, -0.2) is 0 Å². The fraction of sp³-hybridized carbons (Fsp3) is 0.571. The molecule has 6 nitrogen and oxygen atoms in total. The summed E-state index contributed by atoms with van der Waals surface area (Å²) in [4.78, 5) is 10.1. The van der Waals surface area contributed by atoms with Crippen molar-refractivity contribution in [2.45, 2.75) is 12.3 Å². The lowest BCUT2D eigenvalue weighted by Gasteiger charge is -2.03. The summed E-state index contributed by atoms with van der Waals surface area (Å²) in [5.41, 5.74) is 0.718. The monoisotopic (exact) mass is 182 g/mol. The fourth-order valence-corrected chi connectivity index (χ4v) is 1.65. The molecule has 2 heterocycles. The number of nitro groups is 1. The van der Waals surface area contributed by atoms with E-state index in [1.54, 1.807) is 6.20 Å². The average Bonchev–Trinajstić information content (AvgIpc) is 2.74. The number of hydrogen-bond acceptors (Lipinski definition) is 4. The molecular formula is C7H10N4O2. The zero-order chi connectivity index (χ0) is 9.26. The Morgan fingerprint density at radius 1 is 1.69 bits per heavy atom. The lowest BCUT2D eigenvalue weighted by Crippen LogP contribution is -2.08. The van der Waals surface area contributed by atoms with Crippen LogP contribution in [0.5, 0.6) is 0 Å². The van der Waals surface area contributed by atoms with Gasteiger partial charge in [-0.15, -0.1) is 5.10 Å². The summed E-state index contributed by atoms with van der Waals surface area (Å²) >= 11 is 0. The van der Waals surface area contributed by atoms with Crippen LogP contribution in [-0.4, -0.2) is 28.2 Å². The van der Waals surface area contributed by atoms with Gasteiger partial charge in [-0.3, -0.25) is 0 Å². The standard InChI is InChI=1S/C7H10N4O2/c12-11(13)7-6(4-9-10-7)5-1-2-8-3-5/h4-5,8H,1-3H2,(H,9,10). The third-order valence-corrected chi connectivity index (χ3v) is 2.33. The van der Waals surface area contributed by atoms with Gasteiger partial charge in [0.15, 0.2) is 0 Å². The smallest absolute Gasteiger partial charge is 0.346 e. The first-order valence-corrected chi connectivity index (χ1v) is 4.17. The molecule has 0 aliphatic carbocycles. The summed E-state index contributed by atoms with van der Waals surface area (Å²) in [6, 6.07) is 0. The lowest BCUT2D eigenvalue weighted by atomic mass is 10.0. The number of nitrogens with one attached hydrogen (secondary N) is 2. The molecular weight excluding hydrogens is 172 g/mol. The van der Waals surface area contributed by atoms with Crippen LogP contribution in [0.4, 0.5) is 5.82 Å². The van der Waals surface area contributed by atoms with Gasteiger partial charge in [0.25, 0.3) is 0 Å². The molecule has 1 saturated heterocycles. The number of rotatable bonds is 2. The molecule has 1 fully saturated rings. The second kappa shape index (κ2) is 3.14. The summed E-state index contributed by atoms with van der Waals surface area (Å²) in [6.07, 6.45) is 2.50. The van der Waals surface area contributed by atoms with E-state index in [0.717, 1.165) is 25.1 Å². The third kappa shape index (κ3) is 1.40. The molecule has 0 bridgehead atoms. The van der Waals surface area contributed by atoms with Crippen LogP contribution in [0.2, 0.25) is 0 Å². The zero-order valence-corrected chi connectivity index (χ0v) is 6.99. The van der Waals surface area contributed by atoms with Crippen molar-refractivity contribution >= 4 is 5.82 Å². The molecule has 0 radical (unpaired) electrons. The van der Waals surface area contributed by atoms with Gasteiger partial charge in [-0.05, 0) is 17.9 Å². The predicted octanol–water partition coefficient (Wildman–Crippen LogP) is 0.395. The van der Waals surface area contributed by atoms with Crippen molar-refractivity contribution in [2.24, 2.45) is 0 Å². The Balaban J connectivity index is 2.28. The van der Waals surface area contributed by atoms with E-state index in [1.165, 1.54) is 0 Å². The van der Waals surface area contributed by atoms with Crippen LogP contribution in [0.25, 0.3) is 0 Å². The van der Waals surface area contributed by atoms with E-state index < -0.39 is 4.92 Å². The van der Waals surface area contributed by atoms with Crippen LogP contribution in [0, 0.1) is 10.1 Å². The van der Waals surface area contributed by atoms with Crippen LogP contribution < -0.4 is 5.32 Å². The maximum atomic E-state index is 10.6. The predicted molar refractivity (Wildman–Crippen MR) is 45.5 cm³/mol. The Hall–Kier alpha value is -1.43. The molecule has 0 saturated carbocycles. The Morgan fingerprint density at radius 3 is 3.15 bits per heavy atom. The van der Waals surface area contributed by atoms with E-state index in [0.29, 0.717) is 0 Å². The van der Waals surface area contributed by atoms with Gasteiger partial charge in [0.2, 0.25) is 0 Å². The molecule has 2 N–H and O–H groups in total. The van der Waals surface area contributed by atoms with Gasteiger partial charge in [0.05, 0.1) is 11.8 Å². The Kier molecular flexibility index (Phi) is 1.97. The molecule has 0 aromatic carbocycles. The van der Waals surface area contributed by atoms with Crippen LogP contribution in [0.1, 0.15) is 17.9 Å². The topological polar surface area (TPSA) is 83.8 Å². The minimum atomic E-state index is -0.416. The van der Waals surface area contributed by atoms with Gasteiger partial charge in [0.1, 0.15) is 0 Å². The highest BCUT2D eigenvalue weighted by molar-refractivity contribution is 5.33. The number of hydrogen-bond donors (Lipinski definition) is 2. The highest BCUT2D eigenvalue weighted by Crippen LogP contribution is 2.28. The number of H-pyrrole nitrogens is 1. The second-order valence-electron chi connectivity index (χ2n) is 3.12. The molecule has 1 aliphatic heterocycles. The van der Waals surface area contributed by atoms with Gasteiger partial charge in [0, 0.05) is 12.5 Å². The van der Waals surface area contributed by atoms with E-state index in [-0.39, 0.29) is 11.7 Å². The van der Waals surface area contributed by atoms with Gasteiger partial charge < -0.3 is 15.4 Å². The van der Waals surface area contributed by atoms with Gasteiger partial charge in [-0.2, -0.15) is 0 Å². The summed E-state index contributed by atoms with van der Waals surface area (Å²) in [5, 5.41) is 19.8. The molecule has 13 heavy (non-hydrogen) atoms. The van der Waals surface area contributed by atoms with Crippen molar-refractivity contribution in [1.29, 1.82) is 0 Å². The molecule has 70 valence electrons. The van der Waals surface area contributed by atoms with Crippen LogP contribution >= 0.6 is 0 Å². The SMILES string of the molecule is O=[N+]([O-])c1[nH]ncc1C1CCNC1. The van der Waals surface area contributed by atoms with E-state index in [2.05, 4.69) is 15.5 Å². The minimum Gasteiger partial charge on any atom is -0.358 e. The summed E-state index contributed by atoms with van der Waals surface area (Å²) in [7, 11) is 0.